The van der Waals surface area contributed by atoms with Crippen LogP contribution in [0.2, 0.25) is 5.02 Å². The maximum atomic E-state index is 12.5. The summed E-state index contributed by atoms with van der Waals surface area (Å²) in [6.45, 7) is 2.00. The number of nitrogen functional groups attached to an aromatic ring is 1. The highest BCUT2D eigenvalue weighted by Gasteiger charge is 2.19. The molecule has 3 rings (SSSR count). The van der Waals surface area contributed by atoms with E-state index in [0.29, 0.717) is 16.0 Å². The summed E-state index contributed by atoms with van der Waals surface area (Å²) in [5, 5.41) is 9.33. The molecule has 1 unspecified atom stereocenters. The summed E-state index contributed by atoms with van der Waals surface area (Å²) < 4.78 is 1.39. The summed E-state index contributed by atoms with van der Waals surface area (Å²) in [6.07, 6.45) is 0. The monoisotopic (exact) mass is 401 g/mol. The van der Waals surface area contributed by atoms with Crippen LogP contribution in [0.3, 0.4) is 0 Å². The second-order valence-electron chi connectivity index (χ2n) is 6.06. The highest BCUT2D eigenvalue weighted by atomic mass is 35.5. The SMILES string of the molecule is CC(c1ccccc1)N(C)C(=O)CSc1nnc(-c2ccc(Cl)cc2)n1N. The van der Waals surface area contributed by atoms with Gasteiger partial charge in [0.1, 0.15) is 0 Å². The molecule has 2 N–H and O–H groups in total. The predicted molar refractivity (Wildman–Crippen MR) is 109 cm³/mol. The van der Waals surface area contributed by atoms with Crippen LogP contribution in [-0.2, 0) is 4.79 Å². The Bertz CT molecular complexity index is 914. The summed E-state index contributed by atoms with van der Waals surface area (Å²) >= 11 is 7.17. The van der Waals surface area contributed by atoms with Crippen molar-refractivity contribution in [3.8, 4) is 11.4 Å². The maximum absolute atomic E-state index is 12.5. The van der Waals surface area contributed by atoms with Crippen molar-refractivity contribution in [1.29, 1.82) is 0 Å². The molecule has 2 aromatic carbocycles. The molecule has 1 aromatic heterocycles. The number of halogens is 1. The lowest BCUT2D eigenvalue weighted by Gasteiger charge is -2.25. The molecule has 1 atom stereocenters. The minimum Gasteiger partial charge on any atom is -0.338 e. The van der Waals surface area contributed by atoms with E-state index >= 15 is 0 Å². The van der Waals surface area contributed by atoms with Gasteiger partial charge in [0.2, 0.25) is 11.1 Å². The van der Waals surface area contributed by atoms with Crippen molar-refractivity contribution < 1.29 is 4.79 Å². The van der Waals surface area contributed by atoms with Crippen LogP contribution in [0.15, 0.2) is 59.8 Å². The van der Waals surface area contributed by atoms with E-state index in [1.165, 1.54) is 16.4 Å². The van der Waals surface area contributed by atoms with E-state index in [9.17, 15) is 4.79 Å². The number of hydrogen-bond acceptors (Lipinski definition) is 5. The number of nitrogens with two attached hydrogens (primary N) is 1. The number of aromatic nitrogens is 3. The van der Waals surface area contributed by atoms with Crippen LogP contribution in [0.5, 0.6) is 0 Å². The Balaban J connectivity index is 1.64. The molecule has 0 saturated carbocycles. The zero-order valence-electron chi connectivity index (χ0n) is 15.0. The van der Waals surface area contributed by atoms with Gasteiger partial charge >= 0.3 is 0 Å². The third-order valence-corrected chi connectivity index (χ3v) is 5.53. The average molecular weight is 402 g/mol. The molecule has 0 fully saturated rings. The first-order valence-corrected chi connectivity index (χ1v) is 9.73. The summed E-state index contributed by atoms with van der Waals surface area (Å²) in [5.74, 6) is 6.84. The molecule has 1 heterocycles. The third-order valence-electron chi connectivity index (χ3n) is 4.35. The quantitative estimate of drug-likeness (QED) is 0.504. The standard InChI is InChI=1S/C19H20ClN5OS/c1-13(14-6-4-3-5-7-14)24(2)17(26)12-27-19-23-22-18(25(19)21)15-8-10-16(20)11-9-15/h3-11,13H,12,21H2,1-2H3. The van der Waals surface area contributed by atoms with Crippen molar-refractivity contribution in [1.82, 2.24) is 19.8 Å². The molecule has 0 saturated heterocycles. The number of carbonyl (C=O) groups is 1. The fourth-order valence-corrected chi connectivity index (χ4v) is 3.48. The molecule has 8 heteroatoms. The highest BCUT2D eigenvalue weighted by molar-refractivity contribution is 7.99. The summed E-state index contributed by atoms with van der Waals surface area (Å²) in [6, 6.07) is 17.1. The molecule has 0 aliphatic rings. The third kappa shape index (κ3) is 4.43. The Morgan fingerprint density at radius 3 is 2.52 bits per heavy atom. The van der Waals surface area contributed by atoms with Crippen LogP contribution in [-0.4, -0.2) is 38.5 Å². The molecule has 0 radical (unpaired) electrons. The number of carbonyl (C=O) groups excluding carboxylic acids is 1. The van der Waals surface area contributed by atoms with Crippen molar-refractivity contribution in [2.24, 2.45) is 0 Å². The van der Waals surface area contributed by atoms with Gasteiger partial charge in [-0.05, 0) is 36.8 Å². The number of benzene rings is 2. The molecule has 3 aromatic rings. The molecule has 140 valence electrons. The molecular formula is C19H20ClN5OS. The Morgan fingerprint density at radius 2 is 1.85 bits per heavy atom. The minimum absolute atomic E-state index is 0.00704. The van der Waals surface area contributed by atoms with Crippen molar-refractivity contribution in [2.75, 3.05) is 18.6 Å². The topological polar surface area (TPSA) is 77.0 Å². The first-order valence-electron chi connectivity index (χ1n) is 8.37. The molecule has 0 bridgehead atoms. The van der Waals surface area contributed by atoms with E-state index < -0.39 is 0 Å². The smallest absolute Gasteiger partial charge is 0.233 e. The number of nitrogens with zero attached hydrogens (tertiary/aromatic N) is 4. The van der Waals surface area contributed by atoms with Crippen LogP contribution in [0, 0.1) is 0 Å². The fraction of sp³-hybridized carbons (Fsp3) is 0.211. The molecular weight excluding hydrogens is 382 g/mol. The summed E-state index contributed by atoms with van der Waals surface area (Å²) in [4.78, 5) is 14.3. The summed E-state index contributed by atoms with van der Waals surface area (Å²) in [7, 11) is 1.80. The minimum atomic E-state index is -0.0142. The Kier molecular flexibility index (Phi) is 6.03. The molecule has 27 heavy (non-hydrogen) atoms. The van der Waals surface area contributed by atoms with Gasteiger partial charge < -0.3 is 10.7 Å². The first kappa shape index (κ1) is 19.3. The Morgan fingerprint density at radius 1 is 1.19 bits per heavy atom. The van der Waals surface area contributed by atoms with Crippen molar-refractivity contribution >= 4 is 29.3 Å². The fourth-order valence-electron chi connectivity index (χ4n) is 2.57. The van der Waals surface area contributed by atoms with Gasteiger partial charge in [0.05, 0.1) is 11.8 Å². The van der Waals surface area contributed by atoms with Gasteiger partial charge in [-0.15, -0.1) is 10.2 Å². The van der Waals surface area contributed by atoms with Gasteiger partial charge in [-0.1, -0.05) is 53.7 Å². The van der Waals surface area contributed by atoms with Gasteiger partial charge in [0.15, 0.2) is 5.82 Å². The molecule has 0 aliphatic carbocycles. The van der Waals surface area contributed by atoms with Crippen molar-refractivity contribution in [3.05, 3.63) is 65.2 Å². The van der Waals surface area contributed by atoms with Crippen LogP contribution in [0.1, 0.15) is 18.5 Å². The van der Waals surface area contributed by atoms with Crippen molar-refractivity contribution in [3.63, 3.8) is 0 Å². The van der Waals surface area contributed by atoms with E-state index in [4.69, 9.17) is 17.4 Å². The lowest BCUT2D eigenvalue weighted by atomic mass is 10.1. The van der Waals surface area contributed by atoms with Crippen LogP contribution >= 0.6 is 23.4 Å². The van der Waals surface area contributed by atoms with Crippen molar-refractivity contribution in [2.45, 2.75) is 18.1 Å². The second-order valence-corrected chi connectivity index (χ2v) is 7.44. The molecule has 1 amide bonds. The van der Waals surface area contributed by atoms with Gasteiger partial charge in [0.25, 0.3) is 0 Å². The Labute approximate surface area is 167 Å². The first-order chi connectivity index (χ1) is 13.0. The van der Waals surface area contributed by atoms with E-state index in [1.54, 1.807) is 24.1 Å². The van der Waals surface area contributed by atoms with Crippen LogP contribution < -0.4 is 5.84 Å². The zero-order chi connectivity index (χ0) is 19.4. The van der Waals surface area contributed by atoms with Crippen LogP contribution in [0.4, 0.5) is 0 Å². The maximum Gasteiger partial charge on any atom is 0.233 e. The number of rotatable bonds is 6. The van der Waals surface area contributed by atoms with E-state index in [0.717, 1.165) is 11.1 Å². The summed E-state index contributed by atoms with van der Waals surface area (Å²) in [5.41, 5.74) is 1.90. The molecule has 6 nitrogen and oxygen atoms in total. The molecule has 0 spiro atoms. The number of amides is 1. The van der Waals surface area contributed by atoms with E-state index in [2.05, 4.69) is 10.2 Å². The largest absolute Gasteiger partial charge is 0.338 e. The van der Waals surface area contributed by atoms with E-state index in [1.807, 2.05) is 49.4 Å². The normalized spacial score (nSPS) is 12.0. The van der Waals surface area contributed by atoms with Gasteiger partial charge in [0, 0.05) is 17.6 Å². The Hall–Kier alpha value is -2.51. The second kappa shape index (κ2) is 8.45. The van der Waals surface area contributed by atoms with E-state index in [-0.39, 0.29) is 17.7 Å². The molecule has 0 aliphatic heterocycles. The van der Waals surface area contributed by atoms with Crippen LogP contribution in [0.25, 0.3) is 11.4 Å². The number of hydrogen-bond donors (Lipinski definition) is 1. The zero-order valence-corrected chi connectivity index (χ0v) is 16.6. The van der Waals surface area contributed by atoms with Gasteiger partial charge in [-0.25, -0.2) is 4.68 Å². The van der Waals surface area contributed by atoms with Gasteiger partial charge in [-0.2, -0.15) is 0 Å². The average Bonchev–Trinajstić information content (AvgIpc) is 3.06. The van der Waals surface area contributed by atoms with Gasteiger partial charge in [-0.3, -0.25) is 4.79 Å². The number of thioether (sulfide) groups is 1. The highest BCUT2D eigenvalue weighted by Crippen LogP contribution is 2.24. The lowest BCUT2D eigenvalue weighted by Crippen LogP contribution is -2.31. The lowest BCUT2D eigenvalue weighted by molar-refractivity contribution is -0.128. The predicted octanol–water partition coefficient (Wildman–Crippen LogP) is 3.62.